The van der Waals surface area contributed by atoms with Gasteiger partial charge in [-0.1, -0.05) is 12.1 Å². The van der Waals surface area contributed by atoms with E-state index in [9.17, 15) is 19.2 Å². The van der Waals surface area contributed by atoms with Crippen LogP contribution in [-0.2, 0) is 9.59 Å². The Labute approximate surface area is 150 Å². The van der Waals surface area contributed by atoms with Crippen LogP contribution in [0.25, 0.3) is 0 Å². The normalized spacial score (nSPS) is 24.6. The first-order valence-corrected chi connectivity index (χ1v) is 9.15. The lowest BCUT2D eigenvalue weighted by Crippen LogP contribution is -2.64. The minimum absolute atomic E-state index is 0.306. The molecular weight excluding hydrogens is 340 g/mol. The van der Waals surface area contributed by atoms with Crippen LogP contribution in [0.4, 0.5) is 4.79 Å². The molecule has 0 N–H and O–H groups in total. The number of rotatable bonds is 4. The average molecular weight is 360 g/mol. The van der Waals surface area contributed by atoms with E-state index in [1.807, 2.05) is 6.08 Å². The molecule has 4 amide bonds. The third kappa shape index (κ3) is 2.82. The van der Waals surface area contributed by atoms with Crippen LogP contribution >= 0.6 is 11.3 Å². The van der Waals surface area contributed by atoms with Crippen molar-refractivity contribution in [3.63, 3.8) is 0 Å². The molecule has 2 aliphatic rings. The summed E-state index contributed by atoms with van der Waals surface area (Å²) in [5, 5.41) is 1.76. The number of hydrogen-bond acceptors (Lipinski definition) is 5. The number of nitrogens with zero attached hydrogens (tertiary/aromatic N) is 2. The first-order valence-electron chi connectivity index (χ1n) is 8.27. The molecule has 7 heteroatoms. The minimum atomic E-state index is -1.40. The number of ketones is 1. The van der Waals surface area contributed by atoms with Crippen LogP contribution in [0.5, 0.6) is 0 Å². The highest BCUT2D eigenvalue weighted by molar-refractivity contribution is 7.12. The van der Waals surface area contributed by atoms with Crippen LogP contribution in [0.15, 0.2) is 29.2 Å². The maximum Gasteiger partial charge on any atom is 0.333 e. The molecule has 3 rings (SSSR count). The Balaban J connectivity index is 1.94. The third-order valence-corrected chi connectivity index (χ3v) is 5.86. The van der Waals surface area contributed by atoms with Crippen molar-refractivity contribution in [1.29, 1.82) is 0 Å². The quantitative estimate of drug-likeness (QED) is 0.470. The molecule has 0 spiro atoms. The second kappa shape index (κ2) is 6.55. The van der Waals surface area contributed by atoms with Gasteiger partial charge in [0.15, 0.2) is 5.78 Å². The van der Waals surface area contributed by atoms with Gasteiger partial charge in [0, 0.05) is 7.05 Å². The SMILES string of the molecule is CN1C(=O)N(CC(=O)c2cccs2)C(=O)C(C)(C2=CCCCC2)C1=O. The average Bonchev–Trinajstić information content (AvgIpc) is 3.17. The van der Waals surface area contributed by atoms with E-state index in [4.69, 9.17) is 0 Å². The number of urea groups is 1. The lowest BCUT2D eigenvalue weighted by atomic mass is 9.73. The Morgan fingerprint density at radius 1 is 1.24 bits per heavy atom. The Morgan fingerprint density at radius 2 is 2.00 bits per heavy atom. The molecule has 2 heterocycles. The predicted octanol–water partition coefficient (Wildman–Crippen LogP) is 2.86. The molecule has 1 fully saturated rings. The zero-order chi connectivity index (χ0) is 18.2. The molecule has 0 aromatic carbocycles. The van der Waals surface area contributed by atoms with E-state index in [-0.39, 0.29) is 12.3 Å². The van der Waals surface area contributed by atoms with Crippen molar-refractivity contribution >= 4 is 35.0 Å². The Hall–Kier alpha value is -2.28. The zero-order valence-electron chi connectivity index (χ0n) is 14.3. The molecule has 1 atom stereocenters. The predicted molar refractivity (Wildman–Crippen MR) is 93.2 cm³/mol. The fourth-order valence-corrected chi connectivity index (χ4v) is 4.07. The van der Waals surface area contributed by atoms with Crippen molar-refractivity contribution < 1.29 is 19.2 Å². The van der Waals surface area contributed by atoms with Crippen LogP contribution in [0, 0.1) is 5.41 Å². The maximum atomic E-state index is 13.1. The highest BCUT2D eigenvalue weighted by Gasteiger charge is 2.55. The van der Waals surface area contributed by atoms with Crippen molar-refractivity contribution in [2.45, 2.75) is 32.6 Å². The second-order valence-corrected chi connectivity index (χ2v) is 7.49. The lowest BCUT2D eigenvalue weighted by molar-refractivity contribution is -0.153. The Bertz CT molecular complexity index is 768. The largest absolute Gasteiger partial charge is 0.333 e. The maximum absolute atomic E-state index is 13.1. The minimum Gasteiger partial charge on any atom is -0.291 e. The summed E-state index contributed by atoms with van der Waals surface area (Å²) in [4.78, 5) is 53.1. The standard InChI is InChI=1S/C18H20N2O4S/c1-18(12-7-4-3-5-8-12)15(22)19(2)17(24)20(16(18)23)11-13(21)14-9-6-10-25-14/h6-7,9-10H,3-5,8,11H2,1-2H3. The zero-order valence-corrected chi connectivity index (χ0v) is 15.1. The molecule has 0 saturated carbocycles. The van der Waals surface area contributed by atoms with Gasteiger partial charge in [0.25, 0.3) is 5.91 Å². The van der Waals surface area contributed by atoms with Crippen molar-refractivity contribution in [3.8, 4) is 0 Å². The lowest BCUT2D eigenvalue weighted by Gasteiger charge is -2.42. The van der Waals surface area contributed by atoms with Crippen molar-refractivity contribution in [1.82, 2.24) is 9.80 Å². The van der Waals surface area contributed by atoms with E-state index >= 15 is 0 Å². The first-order chi connectivity index (χ1) is 11.9. The van der Waals surface area contributed by atoms with E-state index in [2.05, 4.69) is 0 Å². The van der Waals surface area contributed by atoms with Gasteiger partial charge in [-0.15, -0.1) is 11.3 Å². The summed E-state index contributed by atoms with van der Waals surface area (Å²) in [5.74, 6) is -1.42. The fourth-order valence-electron chi connectivity index (χ4n) is 3.42. The van der Waals surface area contributed by atoms with Crippen LogP contribution in [0.1, 0.15) is 42.3 Å². The van der Waals surface area contributed by atoms with Gasteiger partial charge in [0.05, 0.1) is 11.4 Å². The van der Waals surface area contributed by atoms with E-state index in [0.29, 0.717) is 11.3 Å². The summed E-state index contributed by atoms with van der Waals surface area (Å²) in [5.41, 5.74) is -0.652. The van der Waals surface area contributed by atoms with Gasteiger partial charge in [0.1, 0.15) is 5.41 Å². The van der Waals surface area contributed by atoms with Gasteiger partial charge in [-0.2, -0.15) is 0 Å². The van der Waals surface area contributed by atoms with Gasteiger partial charge in [-0.05, 0) is 49.6 Å². The van der Waals surface area contributed by atoms with E-state index in [0.717, 1.165) is 34.6 Å². The number of Topliss-reactive ketones (excluding diaryl/α,β-unsaturated/α-hetero) is 1. The molecular formula is C18H20N2O4S. The number of amides is 4. The molecule has 0 radical (unpaired) electrons. The van der Waals surface area contributed by atoms with E-state index in [1.54, 1.807) is 24.4 Å². The molecule has 6 nitrogen and oxygen atoms in total. The Kier molecular flexibility index (Phi) is 4.60. The van der Waals surface area contributed by atoms with Gasteiger partial charge < -0.3 is 0 Å². The summed E-state index contributed by atoms with van der Waals surface area (Å²) in [6.45, 7) is 1.22. The van der Waals surface area contributed by atoms with E-state index < -0.39 is 23.3 Å². The van der Waals surface area contributed by atoms with E-state index in [1.165, 1.54) is 18.4 Å². The summed E-state index contributed by atoms with van der Waals surface area (Å²) in [6.07, 6.45) is 5.34. The van der Waals surface area contributed by atoms with Gasteiger partial charge in [0.2, 0.25) is 5.91 Å². The van der Waals surface area contributed by atoms with Crippen molar-refractivity contribution in [2.24, 2.45) is 5.41 Å². The molecule has 1 aliphatic carbocycles. The molecule has 132 valence electrons. The highest BCUT2D eigenvalue weighted by Crippen LogP contribution is 2.40. The van der Waals surface area contributed by atoms with Crippen LogP contribution in [-0.4, -0.2) is 47.0 Å². The molecule has 1 aromatic rings. The van der Waals surface area contributed by atoms with Crippen LogP contribution in [0.3, 0.4) is 0 Å². The van der Waals surface area contributed by atoms with Crippen LogP contribution < -0.4 is 0 Å². The summed E-state index contributed by atoms with van der Waals surface area (Å²) in [6, 6.07) is 2.65. The molecule has 1 aliphatic heterocycles. The molecule has 1 aromatic heterocycles. The molecule has 1 saturated heterocycles. The molecule has 0 bridgehead atoms. The summed E-state index contributed by atoms with van der Waals surface area (Å²) >= 11 is 1.26. The molecule has 1 unspecified atom stereocenters. The number of thiophene rings is 1. The smallest absolute Gasteiger partial charge is 0.291 e. The van der Waals surface area contributed by atoms with Gasteiger partial charge in [-0.25, -0.2) is 4.79 Å². The second-order valence-electron chi connectivity index (χ2n) is 6.54. The van der Waals surface area contributed by atoms with Crippen molar-refractivity contribution in [2.75, 3.05) is 13.6 Å². The highest BCUT2D eigenvalue weighted by atomic mass is 32.1. The number of carbonyl (C=O) groups is 4. The molecule has 25 heavy (non-hydrogen) atoms. The number of hydrogen-bond donors (Lipinski definition) is 0. The monoisotopic (exact) mass is 360 g/mol. The fraction of sp³-hybridized carbons (Fsp3) is 0.444. The first kappa shape index (κ1) is 17.5. The van der Waals surface area contributed by atoms with Gasteiger partial charge in [-0.3, -0.25) is 24.2 Å². The summed E-state index contributed by atoms with van der Waals surface area (Å²) < 4.78 is 0. The number of allylic oxidation sites excluding steroid dienone is 1. The van der Waals surface area contributed by atoms with Crippen molar-refractivity contribution in [3.05, 3.63) is 34.0 Å². The number of carbonyl (C=O) groups excluding carboxylic acids is 4. The van der Waals surface area contributed by atoms with Crippen LogP contribution in [0.2, 0.25) is 0 Å². The van der Waals surface area contributed by atoms with Gasteiger partial charge >= 0.3 is 6.03 Å². The third-order valence-electron chi connectivity index (χ3n) is 4.95. The number of imide groups is 2. The topological polar surface area (TPSA) is 74.8 Å². The Morgan fingerprint density at radius 3 is 2.60 bits per heavy atom. The number of barbiturate groups is 1. The summed E-state index contributed by atoms with van der Waals surface area (Å²) in [7, 11) is 1.36.